The molecule has 1 fully saturated rings. The highest BCUT2D eigenvalue weighted by Gasteiger charge is 2.20. The van der Waals surface area contributed by atoms with Gasteiger partial charge in [-0.1, -0.05) is 0 Å². The van der Waals surface area contributed by atoms with Crippen LogP contribution in [0.1, 0.15) is 0 Å². The van der Waals surface area contributed by atoms with Crippen LogP contribution in [-0.4, -0.2) is 67.0 Å². The van der Waals surface area contributed by atoms with E-state index in [1.807, 2.05) is 28.9 Å². The molecule has 0 spiro atoms. The summed E-state index contributed by atoms with van der Waals surface area (Å²) in [5.74, 6) is 0.969. The quantitative estimate of drug-likeness (QED) is 0.495. The van der Waals surface area contributed by atoms with E-state index < -0.39 is 0 Å². The lowest BCUT2D eigenvalue weighted by molar-refractivity contribution is 0.242. The number of nitrogens with zero attached hydrogens (tertiary/aromatic N) is 8. The molecule has 0 bridgehead atoms. The third-order valence-electron chi connectivity index (χ3n) is 5.43. The Morgan fingerprint density at radius 2 is 1.83 bits per heavy atom. The van der Waals surface area contributed by atoms with Crippen molar-refractivity contribution in [3.8, 4) is 11.3 Å². The number of rotatable bonds is 5. The zero-order valence-electron chi connectivity index (χ0n) is 16.5. The number of hydrogen-bond donors (Lipinski definition) is 0. The standard InChI is InChI=1S/C21H22N8O/c30-20-4-3-18(17-2-1-6-22-16-17)25-29(20)15-12-26-10-13-27(14-11-26)21-19-5-7-24-28(19)9-8-23-21/h1-9,16H,10-15H2. The second-order valence-electron chi connectivity index (χ2n) is 7.26. The van der Waals surface area contributed by atoms with Gasteiger partial charge in [0, 0.05) is 69.1 Å². The summed E-state index contributed by atoms with van der Waals surface area (Å²) in [7, 11) is 0. The number of hydrogen-bond acceptors (Lipinski definition) is 7. The van der Waals surface area contributed by atoms with Crippen LogP contribution < -0.4 is 10.5 Å². The van der Waals surface area contributed by atoms with E-state index in [-0.39, 0.29) is 5.56 Å². The molecule has 4 aromatic heterocycles. The number of pyridine rings is 1. The van der Waals surface area contributed by atoms with Crippen LogP contribution in [0.3, 0.4) is 0 Å². The summed E-state index contributed by atoms with van der Waals surface area (Å²) in [4.78, 5) is 25.6. The summed E-state index contributed by atoms with van der Waals surface area (Å²) < 4.78 is 3.39. The van der Waals surface area contributed by atoms with Gasteiger partial charge in [-0.25, -0.2) is 14.2 Å². The van der Waals surface area contributed by atoms with Crippen LogP contribution in [0.5, 0.6) is 0 Å². The summed E-state index contributed by atoms with van der Waals surface area (Å²) in [6.45, 7) is 4.93. The van der Waals surface area contributed by atoms with E-state index in [1.54, 1.807) is 41.6 Å². The molecule has 0 radical (unpaired) electrons. The summed E-state index contributed by atoms with van der Waals surface area (Å²) in [6.07, 6.45) is 8.92. The van der Waals surface area contributed by atoms with E-state index in [2.05, 4.69) is 30.0 Å². The fourth-order valence-electron chi connectivity index (χ4n) is 3.78. The molecule has 152 valence electrons. The monoisotopic (exact) mass is 402 g/mol. The summed E-state index contributed by atoms with van der Waals surface area (Å²) in [6, 6.07) is 9.12. The number of piperazine rings is 1. The zero-order chi connectivity index (χ0) is 20.3. The second kappa shape index (κ2) is 8.03. The van der Waals surface area contributed by atoms with Crippen LogP contribution in [0.4, 0.5) is 5.82 Å². The predicted molar refractivity (Wildman–Crippen MR) is 113 cm³/mol. The first-order valence-electron chi connectivity index (χ1n) is 10.0. The van der Waals surface area contributed by atoms with Crippen LogP contribution in [-0.2, 0) is 6.54 Å². The highest BCUT2D eigenvalue weighted by atomic mass is 16.1. The molecular weight excluding hydrogens is 380 g/mol. The van der Waals surface area contributed by atoms with E-state index in [0.717, 1.165) is 55.3 Å². The average molecular weight is 402 g/mol. The Hall–Kier alpha value is -3.59. The van der Waals surface area contributed by atoms with E-state index in [1.165, 1.54) is 0 Å². The molecule has 0 atom stereocenters. The van der Waals surface area contributed by atoms with E-state index in [4.69, 9.17) is 0 Å². The van der Waals surface area contributed by atoms with Crippen molar-refractivity contribution in [1.82, 2.24) is 34.3 Å². The molecule has 0 unspecified atom stereocenters. The molecule has 0 aliphatic carbocycles. The molecule has 4 aromatic rings. The third-order valence-corrected chi connectivity index (χ3v) is 5.43. The van der Waals surface area contributed by atoms with E-state index >= 15 is 0 Å². The molecule has 1 aliphatic rings. The fraction of sp³-hybridized carbons (Fsp3) is 0.286. The molecule has 0 aromatic carbocycles. The highest BCUT2D eigenvalue weighted by molar-refractivity contribution is 5.68. The van der Waals surface area contributed by atoms with Crippen LogP contribution in [0.2, 0.25) is 0 Å². The van der Waals surface area contributed by atoms with Crippen molar-refractivity contribution < 1.29 is 0 Å². The van der Waals surface area contributed by atoms with Gasteiger partial charge in [-0.05, 0) is 24.3 Å². The van der Waals surface area contributed by atoms with Gasteiger partial charge in [0.2, 0.25) is 0 Å². The zero-order valence-corrected chi connectivity index (χ0v) is 16.5. The highest BCUT2D eigenvalue weighted by Crippen LogP contribution is 2.19. The molecule has 1 aliphatic heterocycles. The minimum absolute atomic E-state index is 0.0853. The van der Waals surface area contributed by atoms with Crippen LogP contribution in [0.25, 0.3) is 16.8 Å². The molecule has 5 heterocycles. The van der Waals surface area contributed by atoms with Gasteiger partial charge < -0.3 is 4.90 Å². The largest absolute Gasteiger partial charge is 0.352 e. The predicted octanol–water partition coefficient (Wildman–Crippen LogP) is 1.17. The van der Waals surface area contributed by atoms with Gasteiger partial charge in [0.05, 0.1) is 18.4 Å². The smallest absolute Gasteiger partial charge is 0.266 e. The summed E-state index contributed by atoms with van der Waals surface area (Å²) >= 11 is 0. The van der Waals surface area contributed by atoms with Crippen LogP contribution in [0.15, 0.2) is 66.1 Å². The lowest BCUT2D eigenvalue weighted by atomic mass is 10.2. The van der Waals surface area contributed by atoms with Gasteiger partial charge in [-0.2, -0.15) is 10.2 Å². The Labute approximate surface area is 173 Å². The maximum Gasteiger partial charge on any atom is 0.266 e. The molecule has 9 heteroatoms. The van der Waals surface area contributed by atoms with Gasteiger partial charge >= 0.3 is 0 Å². The number of fused-ring (bicyclic) bond motifs is 1. The molecule has 0 saturated carbocycles. The molecular formula is C21H22N8O. The fourth-order valence-corrected chi connectivity index (χ4v) is 3.78. The minimum atomic E-state index is -0.0853. The van der Waals surface area contributed by atoms with Gasteiger partial charge in [-0.15, -0.1) is 0 Å². The minimum Gasteiger partial charge on any atom is -0.352 e. The van der Waals surface area contributed by atoms with Crippen LogP contribution >= 0.6 is 0 Å². The lowest BCUT2D eigenvalue weighted by Crippen LogP contribution is -2.48. The summed E-state index contributed by atoms with van der Waals surface area (Å²) in [5.41, 5.74) is 2.60. The van der Waals surface area contributed by atoms with Crippen molar-refractivity contribution in [1.29, 1.82) is 0 Å². The average Bonchev–Trinajstić information content (AvgIpc) is 3.29. The van der Waals surface area contributed by atoms with Gasteiger partial charge in [0.25, 0.3) is 5.56 Å². The Kier molecular flexibility index (Phi) is 4.94. The normalized spacial score (nSPS) is 15.0. The molecule has 1 saturated heterocycles. The maximum atomic E-state index is 12.3. The molecule has 30 heavy (non-hydrogen) atoms. The number of anilines is 1. The Bertz CT molecular complexity index is 1190. The molecule has 0 amide bonds. The first-order valence-corrected chi connectivity index (χ1v) is 10.0. The van der Waals surface area contributed by atoms with Crippen LogP contribution in [0, 0.1) is 0 Å². The van der Waals surface area contributed by atoms with Gasteiger partial charge in [0.15, 0.2) is 5.82 Å². The molecule has 5 rings (SSSR count). The van der Waals surface area contributed by atoms with Crippen molar-refractivity contribution in [2.24, 2.45) is 0 Å². The Morgan fingerprint density at radius 1 is 0.933 bits per heavy atom. The first kappa shape index (κ1) is 18.4. The Balaban J connectivity index is 1.22. The van der Waals surface area contributed by atoms with E-state index in [0.29, 0.717) is 6.54 Å². The van der Waals surface area contributed by atoms with Gasteiger partial charge in [0.1, 0.15) is 5.52 Å². The molecule has 0 N–H and O–H groups in total. The first-order chi connectivity index (χ1) is 14.8. The second-order valence-corrected chi connectivity index (χ2v) is 7.26. The number of aromatic nitrogens is 6. The van der Waals surface area contributed by atoms with Gasteiger partial charge in [-0.3, -0.25) is 14.7 Å². The van der Waals surface area contributed by atoms with E-state index in [9.17, 15) is 4.79 Å². The van der Waals surface area contributed by atoms with Crippen molar-refractivity contribution >= 4 is 11.3 Å². The summed E-state index contributed by atoms with van der Waals surface area (Å²) in [5, 5.41) is 8.81. The molecule has 9 nitrogen and oxygen atoms in total. The lowest BCUT2D eigenvalue weighted by Gasteiger charge is -2.35. The van der Waals surface area contributed by atoms with Crippen molar-refractivity contribution in [2.45, 2.75) is 6.54 Å². The van der Waals surface area contributed by atoms with Crippen molar-refractivity contribution in [2.75, 3.05) is 37.6 Å². The Morgan fingerprint density at radius 3 is 2.67 bits per heavy atom. The third kappa shape index (κ3) is 3.67. The van der Waals surface area contributed by atoms with Crippen molar-refractivity contribution in [3.63, 3.8) is 0 Å². The maximum absolute atomic E-state index is 12.3. The topological polar surface area (TPSA) is 84.5 Å². The SMILES string of the molecule is O=c1ccc(-c2cccnc2)nn1CCN1CCN(c2nccn3nccc23)CC1. The van der Waals surface area contributed by atoms with Crippen molar-refractivity contribution in [3.05, 3.63) is 71.7 Å².